The predicted molar refractivity (Wildman–Crippen MR) is 102 cm³/mol. The van der Waals surface area contributed by atoms with Crippen LogP contribution in [0.25, 0.3) is 11.8 Å². The SMILES string of the molecule is Cc1nn(-c2ccccc2)c(C)c1/C=C/C(=O)NCCc1nccn1C(F)F. The Morgan fingerprint density at radius 2 is 2.00 bits per heavy atom. The van der Waals surface area contributed by atoms with Gasteiger partial charge in [0.2, 0.25) is 5.91 Å². The fourth-order valence-electron chi connectivity index (χ4n) is 2.95. The van der Waals surface area contributed by atoms with Crippen LogP contribution < -0.4 is 5.32 Å². The average molecular weight is 385 g/mol. The van der Waals surface area contributed by atoms with Gasteiger partial charge in [-0.15, -0.1) is 0 Å². The molecule has 0 aliphatic heterocycles. The second-order valence-corrected chi connectivity index (χ2v) is 6.23. The normalized spacial score (nSPS) is 11.5. The van der Waals surface area contributed by atoms with Crippen molar-refractivity contribution < 1.29 is 13.6 Å². The van der Waals surface area contributed by atoms with Crippen LogP contribution in [0.3, 0.4) is 0 Å². The standard InChI is InChI=1S/C20H21F2N5O/c1-14-17(15(2)27(25-14)16-6-4-3-5-7-16)8-9-19(28)24-11-10-18-23-12-13-26(18)20(21)22/h3-9,12-13,20H,10-11H2,1-2H3,(H,24,28)/b9-8+. The first-order valence-electron chi connectivity index (χ1n) is 8.84. The first-order chi connectivity index (χ1) is 13.5. The van der Waals surface area contributed by atoms with E-state index in [0.717, 1.165) is 27.2 Å². The number of amides is 1. The fourth-order valence-corrected chi connectivity index (χ4v) is 2.95. The van der Waals surface area contributed by atoms with Gasteiger partial charge in [0.25, 0.3) is 0 Å². The van der Waals surface area contributed by atoms with E-state index in [1.807, 2.05) is 48.9 Å². The van der Waals surface area contributed by atoms with Crippen LogP contribution in [-0.2, 0) is 11.2 Å². The van der Waals surface area contributed by atoms with Crippen molar-refractivity contribution in [3.8, 4) is 5.69 Å². The molecule has 3 aromatic rings. The smallest absolute Gasteiger partial charge is 0.319 e. The maximum Gasteiger partial charge on any atom is 0.319 e. The van der Waals surface area contributed by atoms with Gasteiger partial charge in [-0.1, -0.05) is 18.2 Å². The van der Waals surface area contributed by atoms with Crippen molar-refractivity contribution in [3.05, 3.63) is 71.6 Å². The van der Waals surface area contributed by atoms with E-state index in [0.29, 0.717) is 0 Å². The Morgan fingerprint density at radius 1 is 1.25 bits per heavy atom. The summed E-state index contributed by atoms with van der Waals surface area (Å²) in [6.07, 6.45) is 5.90. The Kier molecular flexibility index (Phi) is 5.98. The molecular formula is C20H21F2N5O. The maximum absolute atomic E-state index is 12.8. The van der Waals surface area contributed by atoms with E-state index in [2.05, 4.69) is 15.4 Å². The zero-order chi connectivity index (χ0) is 20.1. The van der Waals surface area contributed by atoms with Crippen LogP contribution in [0.2, 0.25) is 0 Å². The largest absolute Gasteiger partial charge is 0.352 e. The van der Waals surface area contributed by atoms with Gasteiger partial charge in [0.1, 0.15) is 5.82 Å². The summed E-state index contributed by atoms with van der Waals surface area (Å²) in [5.41, 5.74) is 3.55. The second kappa shape index (κ2) is 8.60. The van der Waals surface area contributed by atoms with E-state index >= 15 is 0 Å². The number of hydrogen-bond donors (Lipinski definition) is 1. The van der Waals surface area contributed by atoms with Crippen LogP contribution in [0.5, 0.6) is 0 Å². The summed E-state index contributed by atoms with van der Waals surface area (Å²) in [4.78, 5) is 15.9. The highest BCUT2D eigenvalue weighted by Crippen LogP contribution is 2.19. The molecule has 0 saturated carbocycles. The lowest BCUT2D eigenvalue weighted by atomic mass is 10.2. The third-order valence-electron chi connectivity index (χ3n) is 4.36. The molecule has 2 heterocycles. The molecule has 6 nitrogen and oxygen atoms in total. The molecule has 1 aromatic carbocycles. The molecule has 28 heavy (non-hydrogen) atoms. The zero-order valence-corrected chi connectivity index (χ0v) is 15.6. The summed E-state index contributed by atoms with van der Waals surface area (Å²) in [6.45, 7) is 1.40. The quantitative estimate of drug-likeness (QED) is 0.634. The third kappa shape index (κ3) is 4.33. The number of hydrogen-bond acceptors (Lipinski definition) is 3. The first kappa shape index (κ1) is 19.5. The van der Waals surface area contributed by atoms with E-state index in [1.165, 1.54) is 18.5 Å². The molecule has 0 aliphatic carbocycles. The van der Waals surface area contributed by atoms with Crippen molar-refractivity contribution in [1.82, 2.24) is 24.6 Å². The second-order valence-electron chi connectivity index (χ2n) is 6.23. The Balaban J connectivity index is 1.61. The van der Waals surface area contributed by atoms with Gasteiger partial charge in [-0.3, -0.25) is 9.36 Å². The number of carbonyl (C=O) groups excluding carboxylic acids is 1. The first-order valence-corrected chi connectivity index (χ1v) is 8.84. The Hall–Kier alpha value is -3.29. The van der Waals surface area contributed by atoms with Gasteiger partial charge >= 0.3 is 6.55 Å². The molecule has 0 saturated heterocycles. The molecule has 8 heteroatoms. The van der Waals surface area contributed by atoms with Gasteiger partial charge in [0.05, 0.1) is 11.4 Å². The van der Waals surface area contributed by atoms with Crippen molar-refractivity contribution in [2.45, 2.75) is 26.8 Å². The third-order valence-corrected chi connectivity index (χ3v) is 4.36. The lowest BCUT2D eigenvalue weighted by Gasteiger charge is -2.06. The van der Waals surface area contributed by atoms with Crippen molar-refractivity contribution in [2.24, 2.45) is 0 Å². The number of alkyl halides is 2. The lowest BCUT2D eigenvalue weighted by molar-refractivity contribution is -0.116. The van der Waals surface area contributed by atoms with E-state index in [1.54, 1.807) is 6.08 Å². The summed E-state index contributed by atoms with van der Waals surface area (Å²) < 4.78 is 28.2. The Bertz CT molecular complexity index is 976. The molecule has 146 valence electrons. The molecule has 0 radical (unpaired) electrons. The summed E-state index contributed by atoms with van der Waals surface area (Å²) in [6, 6.07) is 9.74. The van der Waals surface area contributed by atoms with Gasteiger partial charge in [-0.2, -0.15) is 13.9 Å². The zero-order valence-electron chi connectivity index (χ0n) is 15.6. The van der Waals surface area contributed by atoms with E-state index in [4.69, 9.17) is 0 Å². The maximum atomic E-state index is 12.8. The summed E-state index contributed by atoms with van der Waals surface area (Å²) >= 11 is 0. The minimum absolute atomic E-state index is 0.216. The number of benzene rings is 1. The van der Waals surface area contributed by atoms with E-state index < -0.39 is 6.55 Å². The summed E-state index contributed by atoms with van der Waals surface area (Å²) in [7, 11) is 0. The van der Waals surface area contributed by atoms with Gasteiger partial charge < -0.3 is 5.32 Å². The number of nitrogens with one attached hydrogen (secondary N) is 1. The highest BCUT2D eigenvalue weighted by molar-refractivity contribution is 5.92. The van der Waals surface area contributed by atoms with Gasteiger partial charge in [0, 0.05) is 42.7 Å². The fraction of sp³-hybridized carbons (Fsp3) is 0.250. The number of halogens is 2. The molecule has 0 bridgehead atoms. The molecule has 1 amide bonds. The van der Waals surface area contributed by atoms with Gasteiger partial charge in [0.15, 0.2) is 0 Å². The van der Waals surface area contributed by atoms with Crippen molar-refractivity contribution in [2.75, 3.05) is 6.54 Å². The van der Waals surface area contributed by atoms with Crippen molar-refractivity contribution >= 4 is 12.0 Å². The summed E-state index contributed by atoms with van der Waals surface area (Å²) in [5, 5.41) is 7.22. The van der Waals surface area contributed by atoms with Crippen LogP contribution in [0.1, 0.15) is 29.3 Å². The van der Waals surface area contributed by atoms with E-state index in [9.17, 15) is 13.6 Å². The molecule has 0 aliphatic rings. The number of rotatable bonds is 7. The number of nitrogens with zero attached hydrogens (tertiary/aromatic N) is 4. The predicted octanol–water partition coefficient (Wildman–Crippen LogP) is 3.45. The number of aromatic nitrogens is 4. The van der Waals surface area contributed by atoms with Crippen molar-refractivity contribution in [3.63, 3.8) is 0 Å². The molecule has 0 spiro atoms. The molecule has 1 N–H and O–H groups in total. The Morgan fingerprint density at radius 3 is 2.71 bits per heavy atom. The Labute approximate surface area is 161 Å². The number of para-hydroxylation sites is 1. The highest BCUT2D eigenvalue weighted by Gasteiger charge is 2.12. The van der Waals surface area contributed by atoms with Crippen LogP contribution in [0.4, 0.5) is 8.78 Å². The summed E-state index contributed by atoms with van der Waals surface area (Å²) in [5.74, 6) is -0.0727. The monoisotopic (exact) mass is 385 g/mol. The van der Waals surface area contributed by atoms with Crippen molar-refractivity contribution in [1.29, 1.82) is 0 Å². The molecule has 0 unspecified atom stereocenters. The van der Waals surface area contributed by atoms with Crippen LogP contribution in [0.15, 0.2) is 48.8 Å². The van der Waals surface area contributed by atoms with Crippen LogP contribution >= 0.6 is 0 Å². The molecule has 0 atom stereocenters. The minimum atomic E-state index is -2.64. The topological polar surface area (TPSA) is 64.7 Å². The van der Waals surface area contributed by atoms with Gasteiger partial charge in [-0.05, 0) is 32.1 Å². The van der Waals surface area contributed by atoms with Crippen LogP contribution in [0, 0.1) is 13.8 Å². The van der Waals surface area contributed by atoms with Gasteiger partial charge in [-0.25, -0.2) is 9.67 Å². The molecule has 0 fully saturated rings. The lowest BCUT2D eigenvalue weighted by Crippen LogP contribution is -2.24. The average Bonchev–Trinajstić information content (AvgIpc) is 3.26. The highest BCUT2D eigenvalue weighted by atomic mass is 19.3. The number of imidazole rings is 1. The van der Waals surface area contributed by atoms with Crippen LogP contribution in [-0.4, -0.2) is 31.8 Å². The molecule has 3 rings (SSSR count). The van der Waals surface area contributed by atoms with E-state index in [-0.39, 0.29) is 24.7 Å². The molecule has 2 aromatic heterocycles. The minimum Gasteiger partial charge on any atom is -0.352 e. The number of aryl methyl sites for hydroxylation is 1. The number of carbonyl (C=O) groups is 1. The molecular weight excluding hydrogens is 364 g/mol.